The SMILES string of the molecule is Cc1ccc2cccc(OC(C)c3c(Cl)ccc(-n4cccc4CNC(=O)C=Cc4ccc(C(N)=O)nc4)c3Cl)c2n1. The first-order chi connectivity index (χ1) is 20.2. The molecule has 3 heterocycles. The topological polar surface area (TPSA) is 112 Å². The molecular formula is C32H27Cl2N5O3. The maximum atomic E-state index is 12.5. The molecule has 0 saturated heterocycles. The van der Waals surface area contributed by atoms with Gasteiger partial charge >= 0.3 is 0 Å². The van der Waals surface area contributed by atoms with E-state index in [9.17, 15) is 9.59 Å². The Morgan fingerprint density at radius 3 is 2.67 bits per heavy atom. The van der Waals surface area contributed by atoms with Crippen molar-refractivity contribution in [2.24, 2.45) is 5.73 Å². The number of carbonyl (C=O) groups is 2. The number of nitrogens with one attached hydrogen (secondary N) is 1. The van der Waals surface area contributed by atoms with Crippen molar-refractivity contribution in [3.05, 3.63) is 123 Å². The number of ether oxygens (including phenoxy) is 1. The van der Waals surface area contributed by atoms with Crippen LogP contribution in [0.2, 0.25) is 10.0 Å². The van der Waals surface area contributed by atoms with Gasteiger partial charge in [0.25, 0.3) is 5.91 Å². The van der Waals surface area contributed by atoms with Gasteiger partial charge in [0.1, 0.15) is 23.1 Å². The fraction of sp³-hybridized carbons (Fsp3) is 0.125. The van der Waals surface area contributed by atoms with E-state index in [0.717, 1.165) is 22.3 Å². The fourth-order valence-electron chi connectivity index (χ4n) is 4.53. The van der Waals surface area contributed by atoms with E-state index in [1.165, 1.54) is 18.3 Å². The zero-order chi connectivity index (χ0) is 29.8. The molecule has 0 aliphatic heterocycles. The van der Waals surface area contributed by atoms with E-state index in [1.807, 2.05) is 73.1 Å². The van der Waals surface area contributed by atoms with Crippen molar-refractivity contribution in [1.82, 2.24) is 19.9 Å². The number of aryl methyl sites for hydroxylation is 1. The third kappa shape index (κ3) is 6.30. The maximum Gasteiger partial charge on any atom is 0.267 e. The lowest BCUT2D eigenvalue weighted by atomic mass is 10.1. The molecule has 0 aliphatic carbocycles. The maximum absolute atomic E-state index is 12.5. The summed E-state index contributed by atoms with van der Waals surface area (Å²) in [7, 11) is 0. The molecule has 1 atom stereocenters. The number of nitrogens with two attached hydrogens (primary N) is 1. The summed E-state index contributed by atoms with van der Waals surface area (Å²) in [6.45, 7) is 4.08. The number of hydrogen-bond donors (Lipinski definition) is 2. The van der Waals surface area contributed by atoms with Gasteiger partial charge < -0.3 is 20.4 Å². The number of nitrogens with zero attached hydrogens (tertiary/aromatic N) is 3. The van der Waals surface area contributed by atoms with Crippen molar-refractivity contribution in [3.8, 4) is 11.4 Å². The lowest BCUT2D eigenvalue weighted by molar-refractivity contribution is -0.116. The first-order valence-corrected chi connectivity index (χ1v) is 13.9. The largest absolute Gasteiger partial charge is 0.484 e. The number of carbonyl (C=O) groups excluding carboxylic acids is 2. The summed E-state index contributed by atoms with van der Waals surface area (Å²) in [5.41, 5.74) is 9.83. The molecule has 0 fully saturated rings. The van der Waals surface area contributed by atoms with E-state index in [2.05, 4.69) is 15.3 Å². The molecule has 1 unspecified atom stereocenters. The Morgan fingerprint density at radius 2 is 1.90 bits per heavy atom. The van der Waals surface area contributed by atoms with Gasteiger partial charge in [0.05, 0.1) is 17.3 Å². The molecule has 2 aromatic carbocycles. The van der Waals surface area contributed by atoms with Crippen LogP contribution in [0, 0.1) is 6.92 Å². The summed E-state index contributed by atoms with van der Waals surface area (Å²) in [6, 6.07) is 20.3. The van der Waals surface area contributed by atoms with Crippen LogP contribution < -0.4 is 15.8 Å². The average molecular weight is 601 g/mol. The molecule has 5 aromatic rings. The van der Waals surface area contributed by atoms with Crippen molar-refractivity contribution in [3.63, 3.8) is 0 Å². The number of amides is 2. The van der Waals surface area contributed by atoms with Gasteiger partial charge in [-0.05, 0) is 68.0 Å². The first kappa shape index (κ1) is 28.9. The summed E-state index contributed by atoms with van der Waals surface area (Å²) in [6.07, 6.45) is 5.85. The molecule has 3 aromatic heterocycles. The number of primary amides is 1. The summed E-state index contributed by atoms with van der Waals surface area (Å²) < 4.78 is 8.26. The standard InChI is InChI=1S/C32H27Cl2N5O3/c1-19-8-11-22-5-3-7-27(31(22)38-19)42-20(2)29-24(33)12-14-26(30(29)34)39-16-4-6-23(39)18-37-28(40)15-10-21-9-13-25(32(35)41)36-17-21/h3-17,20H,18H2,1-2H3,(H2,35,41)(H,37,40). The van der Waals surface area contributed by atoms with Crippen LogP contribution in [0.15, 0.2) is 85.2 Å². The summed E-state index contributed by atoms with van der Waals surface area (Å²) in [5, 5.41) is 4.77. The number of aromatic nitrogens is 3. The van der Waals surface area contributed by atoms with Crippen LogP contribution in [0.1, 0.15) is 46.0 Å². The molecule has 10 heteroatoms. The highest BCUT2D eigenvalue weighted by molar-refractivity contribution is 6.37. The van der Waals surface area contributed by atoms with Gasteiger partial charge in [-0.25, -0.2) is 4.98 Å². The zero-order valence-electron chi connectivity index (χ0n) is 22.8. The predicted octanol–water partition coefficient (Wildman–Crippen LogP) is 6.60. The molecule has 3 N–H and O–H groups in total. The smallest absolute Gasteiger partial charge is 0.267 e. The van der Waals surface area contributed by atoms with E-state index < -0.39 is 12.0 Å². The quantitative estimate of drug-likeness (QED) is 0.185. The van der Waals surface area contributed by atoms with Crippen molar-refractivity contribution < 1.29 is 14.3 Å². The molecule has 0 bridgehead atoms. The number of para-hydroxylation sites is 1. The Kier molecular flexibility index (Phi) is 8.56. The number of fused-ring (bicyclic) bond motifs is 1. The molecule has 5 rings (SSSR count). The van der Waals surface area contributed by atoms with Crippen LogP contribution in [0.25, 0.3) is 22.7 Å². The highest BCUT2D eigenvalue weighted by atomic mass is 35.5. The molecule has 0 saturated carbocycles. The number of halogens is 2. The molecular weight excluding hydrogens is 573 g/mol. The normalized spacial score (nSPS) is 12.0. The summed E-state index contributed by atoms with van der Waals surface area (Å²) in [4.78, 5) is 32.3. The highest BCUT2D eigenvalue weighted by Gasteiger charge is 2.21. The molecule has 0 spiro atoms. The van der Waals surface area contributed by atoms with Crippen LogP contribution in [0.5, 0.6) is 5.75 Å². The lowest BCUT2D eigenvalue weighted by Crippen LogP contribution is -2.22. The van der Waals surface area contributed by atoms with Crippen LogP contribution >= 0.6 is 23.2 Å². The van der Waals surface area contributed by atoms with E-state index in [4.69, 9.17) is 33.7 Å². The minimum Gasteiger partial charge on any atom is -0.484 e. The van der Waals surface area contributed by atoms with Gasteiger partial charge in [-0.2, -0.15) is 0 Å². The zero-order valence-corrected chi connectivity index (χ0v) is 24.4. The van der Waals surface area contributed by atoms with Gasteiger partial charge in [0.15, 0.2) is 0 Å². The molecule has 42 heavy (non-hydrogen) atoms. The van der Waals surface area contributed by atoms with Crippen molar-refractivity contribution >= 4 is 52.0 Å². The van der Waals surface area contributed by atoms with Crippen molar-refractivity contribution in [1.29, 1.82) is 0 Å². The molecule has 0 aliphatic rings. The lowest BCUT2D eigenvalue weighted by Gasteiger charge is -2.21. The predicted molar refractivity (Wildman–Crippen MR) is 165 cm³/mol. The second-order valence-electron chi connectivity index (χ2n) is 9.60. The first-order valence-electron chi connectivity index (χ1n) is 13.1. The van der Waals surface area contributed by atoms with Crippen LogP contribution in [-0.4, -0.2) is 26.3 Å². The number of benzene rings is 2. The Labute approximate surface area is 252 Å². The van der Waals surface area contributed by atoms with Gasteiger partial charge in [-0.3, -0.25) is 14.6 Å². The second-order valence-corrected chi connectivity index (χ2v) is 10.4. The Morgan fingerprint density at radius 1 is 1.07 bits per heavy atom. The van der Waals surface area contributed by atoms with E-state index >= 15 is 0 Å². The van der Waals surface area contributed by atoms with Crippen LogP contribution in [0.3, 0.4) is 0 Å². The molecule has 0 radical (unpaired) electrons. The Balaban J connectivity index is 1.33. The minimum absolute atomic E-state index is 0.156. The molecule has 212 valence electrons. The van der Waals surface area contributed by atoms with Gasteiger partial charge in [0, 0.05) is 45.8 Å². The number of hydrogen-bond acceptors (Lipinski definition) is 5. The molecule has 8 nitrogen and oxygen atoms in total. The average Bonchev–Trinajstić information content (AvgIpc) is 3.44. The van der Waals surface area contributed by atoms with E-state index in [0.29, 0.717) is 32.6 Å². The van der Waals surface area contributed by atoms with Crippen molar-refractivity contribution in [2.45, 2.75) is 26.5 Å². The third-order valence-corrected chi connectivity index (χ3v) is 7.37. The third-order valence-electron chi connectivity index (χ3n) is 6.64. The summed E-state index contributed by atoms with van der Waals surface area (Å²) in [5.74, 6) is -0.276. The number of rotatable bonds is 9. The summed E-state index contributed by atoms with van der Waals surface area (Å²) >= 11 is 13.6. The number of pyridine rings is 2. The minimum atomic E-state index is -0.613. The Bertz CT molecular complexity index is 1820. The van der Waals surface area contributed by atoms with Gasteiger partial charge in [-0.1, -0.05) is 47.5 Å². The highest BCUT2D eigenvalue weighted by Crippen LogP contribution is 2.38. The van der Waals surface area contributed by atoms with Gasteiger partial charge in [-0.15, -0.1) is 0 Å². The van der Waals surface area contributed by atoms with E-state index in [-0.39, 0.29) is 18.1 Å². The molecule has 2 amide bonds. The second kappa shape index (κ2) is 12.5. The Hall–Kier alpha value is -4.66. The fourth-order valence-corrected chi connectivity index (χ4v) is 5.30. The van der Waals surface area contributed by atoms with E-state index in [1.54, 1.807) is 18.2 Å². The van der Waals surface area contributed by atoms with Crippen LogP contribution in [-0.2, 0) is 11.3 Å². The van der Waals surface area contributed by atoms with Crippen molar-refractivity contribution in [2.75, 3.05) is 0 Å². The van der Waals surface area contributed by atoms with Gasteiger partial charge in [0.2, 0.25) is 5.91 Å². The monoisotopic (exact) mass is 599 g/mol. The van der Waals surface area contributed by atoms with Crippen LogP contribution in [0.4, 0.5) is 0 Å².